The lowest BCUT2D eigenvalue weighted by atomic mass is 9.74. The minimum atomic E-state index is -0.454. The second-order valence-corrected chi connectivity index (χ2v) is 9.67. The molecule has 27 heavy (non-hydrogen) atoms. The second kappa shape index (κ2) is 10.3. The van der Waals surface area contributed by atoms with E-state index in [1.54, 1.807) is 6.07 Å². The highest BCUT2D eigenvalue weighted by Crippen LogP contribution is 2.42. The Labute approximate surface area is 175 Å². The SMILES string of the molecule is CCCC1CCC(CCC2CCC(c3cccc(C(=O)Cl)c3Cl)CC2)CC1. The minimum Gasteiger partial charge on any atom is -0.276 e. The number of benzene rings is 1. The fourth-order valence-electron chi connectivity index (χ4n) is 5.47. The Kier molecular flexibility index (Phi) is 8.09. The van der Waals surface area contributed by atoms with E-state index in [4.69, 9.17) is 23.2 Å². The first-order valence-electron chi connectivity index (χ1n) is 11.1. The third kappa shape index (κ3) is 5.73. The van der Waals surface area contributed by atoms with Crippen molar-refractivity contribution < 1.29 is 4.79 Å². The molecule has 0 radical (unpaired) electrons. The van der Waals surface area contributed by atoms with Gasteiger partial charge in [-0.1, -0.05) is 82.0 Å². The maximum atomic E-state index is 11.5. The molecule has 0 saturated heterocycles. The van der Waals surface area contributed by atoms with Gasteiger partial charge in [-0.05, 0) is 72.6 Å². The van der Waals surface area contributed by atoms with Crippen molar-refractivity contribution in [1.29, 1.82) is 0 Å². The van der Waals surface area contributed by atoms with Crippen molar-refractivity contribution in [1.82, 2.24) is 0 Å². The highest BCUT2D eigenvalue weighted by molar-refractivity contribution is 6.68. The van der Waals surface area contributed by atoms with E-state index >= 15 is 0 Å². The Hall–Kier alpha value is -0.530. The Morgan fingerprint density at radius 3 is 1.93 bits per heavy atom. The lowest BCUT2D eigenvalue weighted by Crippen LogP contribution is -2.18. The summed E-state index contributed by atoms with van der Waals surface area (Å²) in [7, 11) is 0. The van der Waals surface area contributed by atoms with Crippen molar-refractivity contribution in [2.75, 3.05) is 0 Å². The zero-order chi connectivity index (χ0) is 19.2. The molecule has 0 aromatic heterocycles. The van der Waals surface area contributed by atoms with Gasteiger partial charge in [0.15, 0.2) is 0 Å². The predicted octanol–water partition coefficient (Wildman–Crippen LogP) is 8.38. The van der Waals surface area contributed by atoms with Crippen LogP contribution in [0.2, 0.25) is 5.02 Å². The molecule has 1 nitrogen and oxygen atoms in total. The van der Waals surface area contributed by atoms with Gasteiger partial charge in [0.1, 0.15) is 0 Å². The van der Waals surface area contributed by atoms with E-state index in [2.05, 4.69) is 13.0 Å². The first-order valence-corrected chi connectivity index (χ1v) is 11.8. The quantitative estimate of drug-likeness (QED) is 0.413. The van der Waals surface area contributed by atoms with Gasteiger partial charge in [-0.2, -0.15) is 0 Å². The first kappa shape index (κ1) is 21.2. The molecule has 2 fully saturated rings. The zero-order valence-electron chi connectivity index (χ0n) is 16.7. The van der Waals surface area contributed by atoms with E-state index in [1.807, 2.05) is 6.07 Å². The summed E-state index contributed by atoms with van der Waals surface area (Å²) in [5.41, 5.74) is 1.58. The topological polar surface area (TPSA) is 17.1 Å². The summed E-state index contributed by atoms with van der Waals surface area (Å²) in [4.78, 5) is 11.5. The van der Waals surface area contributed by atoms with E-state index in [-0.39, 0.29) is 0 Å². The largest absolute Gasteiger partial charge is 0.276 e. The van der Waals surface area contributed by atoms with Crippen LogP contribution in [0.5, 0.6) is 0 Å². The van der Waals surface area contributed by atoms with Gasteiger partial charge in [-0.3, -0.25) is 4.79 Å². The molecule has 2 saturated carbocycles. The summed E-state index contributed by atoms with van der Waals surface area (Å²) >= 11 is 12.1. The summed E-state index contributed by atoms with van der Waals surface area (Å²) in [6.07, 6.45) is 16.5. The maximum absolute atomic E-state index is 11.5. The molecule has 0 aliphatic heterocycles. The summed E-state index contributed by atoms with van der Waals surface area (Å²) in [5, 5.41) is 0.119. The number of halogens is 2. The maximum Gasteiger partial charge on any atom is 0.253 e. The van der Waals surface area contributed by atoms with Crippen LogP contribution in [-0.2, 0) is 0 Å². The molecule has 150 valence electrons. The highest BCUT2D eigenvalue weighted by Gasteiger charge is 2.27. The van der Waals surface area contributed by atoms with Gasteiger partial charge in [-0.25, -0.2) is 0 Å². The molecule has 2 aliphatic carbocycles. The number of rotatable bonds is 7. The van der Waals surface area contributed by atoms with Crippen molar-refractivity contribution in [3.63, 3.8) is 0 Å². The first-order chi connectivity index (χ1) is 13.1. The average molecular weight is 409 g/mol. The second-order valence-electron chi connectivity index (χ2n) is 8.95. The predicted molar refractivity (Wildman–Crippen MR) is 116 cm³/mol. The van der Waals surface area contributed by atoms with Crippen molar-refractivity contribution in [3.8, 4) is 0 Å². The van der Waals surface area contributed by atoms with Crippen molar-refractivity contribution in [2.45, 2.75) is 89.9 Å². The molecule has 0 N–H and O–H groups in total. The Morgan fingerprint density at radius 1 is 0.889 bits per heavy atom. The molecule has 2 aliphatic rings. The van der Waals surface area contributed by atoms with Crippen LogP contribution in [0, 0.1) is 17.8 Å². The van der Waals surface area contributed by atoms with Crippen LogP contribution in [0.4, 0.5) is 0 Å². The van der Waals surface area contributed by atoms with Crippen LogP contribution in [0.1, 0.15) is 106 Å². The molecule has 3 heteroatoms. The van der Waals surface area contributed by atoms with E-state index in [0.29, 0.717) is 16.5 Å². The van der Waals surface area contributed by atoms with E-state index in [1.165, 1.54) is 77.0 Å². The van der Waals surface area contributed by atoms with Crippen LogP contribution in [0.3, 0.4) is 0 Å². The zero-order valence-corrected chi connectivity index (χ0v) is 18.2. The number of carbonyl (C=O) groups is 1. The summed E-state index contributed by atoms with van der Waals surface area (Å²) < 4.78 is 0. The Morgan fingerprint density at radius 2 is 1.41 bits per heavy atom. The molecule has 0 atom stereocenters. The van der Waals surface area contributed by atoms with Gasteiger partial charge in [0.05, 0.1) is 10.6 Å². The Bertz CT molecular complexity index is 611. The van der Waals surface area contributed by atoms with Gasteiger partial charge >= 0.3 is 0 Å². The average Bonchev–Trinajstić information content (AvgIpc) is 2.68. The van der Waals surface area contributed by atoms with Gasteiger partial charge in [-0.15, -0.1) is 0 Å². The lowest BCUT2D eigenvalue weighted by molar-refractivity contribution is 0.108. The van der Waals surface area contributed by atoms with Crippen LogP contribution in [0.15, 0.2) is 18.2 Å². The van der Waals surface area contributed by atoms with Gasteiger partial charge in [0.25, 0.3) is 5.24 Å². The summed E-state index contributed by atoms with van der Waals surface area (Å²) in [6, 6.07) is 5.71. The number of hydrogen-bond donors (Lipinski definition) is 0. The van der Waals surface area contributed by atoms with Crippen LogP contribution in [0.25, 0.3) is 0 Å². The third-order valence-corrected chi connectivity index (χ3v) is 7.80. The van der Waals surface area contributed by atoms with Crippen molar-refractivity contribution >= 4 is 28.4 Å². The van der Waals surface area contributed by atoms with E-state index in [9.17, 15) is 4.79 Å². The number of carbonyl (C=O) groups excluding carboxylic acids is 1. The van der Waals surface area contributed by atoms with Crippen molar-refractivity contribution in [2.24, 2.45) is 17.8 Å². The molecule has 0 bridgehead atoms. The third-order valence-electron chi connectivity index (χ3n) is 7.17. The molecule has 0 heterocycles. The smallest absolute Gasteiger partial charge is 0.253 e. The van der Waals surface area contributed by atoms with Crippen molar-refractivity contribution in [3.05, 3.63) is 34.3 Å². The number of hydrogen-bond acceptors (Lipinski definition) is 1. The summed E-state index contributed by atoms with van der Waals surface area (Å²) in [5.74, 6) is 3.36. The monoisotopic (exact) mass is 408 g/mol. The molecule has 0 unspecified atom stereocenters. The molecule has 1 aromatic carbocycles. The fourth-order valence-corrected chi connectivity index (χ4v) is 6.04. The summed E-state index contributed by atoms with van der Waals surface area (Å²) in [6.45, 7) is 2.32. The molecule has 0 amide bonds. The van der Waals surface area contributed by atoms with Crippen LogP contribution < -0.4 is 0 Å². The van der Waals surface area contributed by atoms with Crippen LogP contribution >= 0.6 is 23.2 Å². The molecular weight excluding hydrogens is 375 g/mol. The molecule has 1 aromatic rings. The molecular formula is C24H34Cl2O. The van der Waals surface area contributed by atoms with Gasteiger partial charge in [0, 0.05) is 0 Å². The fraction of sp³-hybridized carbons (Fsp3) is 0.708. The lowest BCUT2D eigenvalue weighted by Gasteiger charge is -2.32. The van der Waals surface area contributed by atoms with E-state index in [0.717, 1.165) is 23.3 Å². The minimum absolute atomic E-state index is 0.454. The van der Waals surface area contributed by atoms with Crippen LogP contribution in [-0.4, -0.2) is 5.24 Å². The van der Waals surface area contributed by atoms with E-state index < -0.39 is 5.24 Å². The Balaban J connectivity index is 1.43. The standard InChI is InChI=1S/C24H34Cl2O/c1-2-4-17-7-9-18(10-8-17)11-12-19-13-15-20(16-14-19)21-5-3-6-22(23(21)25)24(26)27/h3,5-6,17-20H,2,4,7-16H2,1H3. The highest BCUT2D eigenvalue weighted by atomic mass is 35.5. The van der Waals surface area contributed by atoms with Gasteiger partial charge in [0.2, 0.25) is 0 Å². The van der Waals surface area contributed by atoms with Gasteiger partial charge < -0.3 is 0 Å². The normalized spacial score (nSPS) is 28.9. The molecule has 3 rings (SSSR count). The molecule has 0 spiro atoms.